The van der Waals surface area contributed by atoms with Crippen LogP contribution in [0, 0.1) is 5.41 Å². The van der Waals surface area contributed by atoms with E-state index in [0.29, 0.717) is 38.4 Å². The smallest absolute Gasteiger partial charge is 0.209 e. The van der Waals surface area contributed by atoms with Crippen molar-refractivity contribution in [2.75, 3.05) is 25.6 Å². The van der Waals surface area contributed by atoms with Crippen LogP contribution in [0.3, 0.4) is 0 Å². The maximum atomic E-state index is 11.6. The third-order valence-corrected chi connectivity index (χ3v) is 5.69. The monoisotopic (exact) mass is 391 g/mol. The molecule has 2 N–H and O–H groups in total. The van der Waals surface area contributed by atoms with E-state index < -0.39 is 15.4 Å². The molecule has 6 nitrogen and oxygen atoms in total. The maximum absolute atomic E-state index is 11.6. The normalized spacial score (nSPS) is 16.6. The molecule has 0 aliphatic carbocycles. The first-order chi connectivity index (χ1) is 12.9. The average Bonchev–Trinajstić information content (AvgIpc) is 2.66. The predicted molar refractivity (Wildman–Crippen MR) is 103 cm³/mol. The molecule has 0 unspecified atom stereocenters. The number of benzene rings is 2. The molecule has 1 saturated heterocycles. The van der Waals surface area contributed by atoms with E-state index in [9.17, 15) is 8.42 Å². The fraction of sp³-hybridized carbons (Fsp3) is 0.400. The molecule has 1 fully saturated rings. The standard InChI is InChI=1S/C20H25NO5S/c21-27(22,23)16-20(10-12-24-13-11-20)15-26-19-8-6-18(7-9-19)25-14-17-4-2-1-3-5-17/h1-9H,10-16H2,(H2,21,22,23). The van der Waals surface area contributed by atoms with Crippen molar-refractivity contribution < 1.29 is 22.6 Å². The van der Waals surface area contributed by atoms with Gasteiger partial charge >= 0.3 is 0 Å². The minimum Gasteiger partial charge on any atom is -0.493 e. The lowest BCUT2D eigenvalue weighted by atomic mass is 9.83. The van der Waals surface area contributed by atoms with Crippen molar-refractivity contribution in [3.05, 3.63) is 60.2 Å². The number of nitrogens with two attached hydrogens (primary N) is 1. The van der Waals surface area contributed by atoms with Crippen LogP contribution < -0.4 is 14.6 Å². The van der Waals surface area contributed by atoms with Gasteiger partial charge in [-0.05, 0) is 42.7 Å². The topological polar surface area (TPSA) is 87.9 Å². The highest BCUT2D eigenvalue weighted by Gasteiger charge is 2.37. The van der Waals surface area contributed by atoms with Gasteiger partial charge in [0.1, 0.15) is 18.1 Å². The summed E-state index contributed by atoms with van der Waals surface area (Å²) in [6.45, 7) is 1.83. The van der Waals surface area contributed by atoms with Crippen molar-refractivity contribution in [2.45, 2.75) is 19.4 Å². The van der Waals surface area contributed by atoms with Crippen LogP contribution in [0.15, 0.2) is 54.6 Å². The van der Waals surface area contributed by atoms with E-state index in [1.165, 1.54) is 0 Å². The molecule has 1 aliphatic rings. The highest BCUT2D eigenvalue weighted by molar-refractivity contribution is 7.89. The zero-order valence-corrected chi connectivity index (χ0v) is 16.0. The number of sulfonamides is 1. The van der Waals surface area contributed by atoms with Crippen LogP contribution in [-0.2, 0) is 21.4 Å². The van der Waals surface area contributed by atoms with Gasteiger partial charge in [-0.1, -0.05) is 30.3 Å². The molecule has 7 heteroatoms. The Morgan fingerprint density at radius 1 is 0.926 bits per heavy atom. The van der Waals surface area contributed by atoms with Crippen LogP contribution in [-0.4, -0.2) is 34.0 Å². The summed E-state index contributed by atoms with van der Waals surface area (Å²) in [7, 11) is -3.58. The van der Waals surface area contributed by atoms with Gasteiger partial charge in [0.2, 0.25) is 10.0 Å². The van der Waals surface area contributed by atoms with Crippen molar-refractivity contribution in [3.63, 3.8) is 0 Å². The van der Waals surface area contributed by atoms with Gasteiger partial charge in [-0.3, -0.25) is 0 Å². The molecule has 27 heavy (non-hydrogen) atoms. The van der Waals surface area contributed by atoms with Crippen LogP contribution in [0.2, 0.25) is 0 Å². The van der Waals surface area contributed by atoms with Gasteiger partial charge < -0.3 is 14.2 Å². The Hall–Kier alpha value is -2.09. The lowest BCUT2D eigenvalue weighted by molar-refractivity contribution is 0.00209. The van der Waals surface area contributed by atoms with Gasteiger partial charge in [0, 0.05) is 18.6 Å². The van der Waals surface area contributed by atoms with E-state index >= 15 is 0 Å². The fourth-order valence-corrected chi connectivity index (χ4v) is 4.40. The van der Waals surface area contributed by atoms with E-state index in [0.717, 1.165) is 11.3 Å². The second-order valence-electron chi connectivity index (χ2n) is 6.95. The molecule has 0 atom stereocenters. The quantitative estimate of drug-likeness (QED) is 0.748. The molecule has 2 aromatic carbocycles. The van der Waals surface area contributed by atoms with Gasteiger partial charge in [-0.15, -0.1) is 0 Å². The van der Waals surface area contributed by atoms with Crippen molar-refractivity contribution >= 4 is 10.0 Å². The summed E-state index contributed by atoms with van der Waals surface area (Å²) in [5.74, 6) is 1.32. The second kappa shape index (κ2) is 8.73. The lowest BCUT2D eigenvalue weighted by Gasteiger charge is -2.36. The summed E-state index contributed by atoms with van der Waals surface area (Å²) >= 11 is 0. The highest BCUT2D eigenvalue weighted by Crippen LogP contribution is 2.33. The first-order valence-corrected chi connectivity index (χ1v) is 10.6. The average molecular weight is 391 g/mol. The molecule has 1 heterocycles. The van der Waals surface area contributed by atoms with Crippen LogP contribution in [0.5, 0.6) is 11.5 Å². The van der Waals surface area contributed by atoms with Crippen LogP contribution in [0.4, 0.5) is 0 Å². The number of primary sulfonamides is 1. The van der Waals surface area contributed by atoms with Crippen molar-refractivity contribution in [2.24, 2.45) is 10.6 Å². The Labute approximate surface area is 160 Å². The summed E-state index contributed by atoms with van der Waals surface area (Å²) in [5.41, 5.74) is 0.594. The van der Waals surface area contributed by atoms with Gasteiger partial charge in [-0.2, -0.15) is 0 Å². The van der Waals surface area contributed by atoms with E-state index in [2.05, 4.69) is 0 Å². The van der Waals surface area contributed by atoms with Crippen molar-refractivity contribution in [1.29, 1.82) is 0 Å². The number of ether oxygens (including phenoxy) is 3. The molecule has 1 aliphatic heterocycles. The van der Waals surface area contributed by atoms with Crippen molar-refractivity contribution in [3.8, 4) is 11.5 Å². The van der Waals surface area contributed by atoms with E-state index in [1.54, 1.807) is 0 Å². The van der Waals surface area contributed by atoms with Crippen LogP contribution in [0.25, 0.3) is 0 Å². The molecule has 0 radical (unpaired) electrons. The van der Waals surface area contributed by atoms with E-state index in [4.69, 9.17) is 19.3 Å². The van der Waals surface area contributed by atoms with E-state index in [-0.39, 0.29) is 12.4 Å². The van der Waals surface area contributed by atoms with Crippen molar-refractivity contribution in [1.82, 2.24) is 0 Å². The zero-order valence-electron chi connectivity index (χ0n) is 15.2. The summed E-state index contributed by atoms with van der Waals surface area (Å²) < 4.78 is 40.2. The lowest BCUT2D eigenvalue weighted by Crippen LogP contribution is -2.42. The van der Waals surface area contributed by atoms with Gasteiger partial charge in [-0.25, -0.2) is 13.6 Å². The van der Waals surface area contributed by atoms with E-state index in [1.807, 2.05) is 54.6 Å². The number of hydrogen-bond acceptors (Lipinski definition) is 5. The minimum absolute atomic E-state index is 0.0956. The number of rotatable bonds is 8. The maximum Gasteiger partial charge on any atom is 0.209 e. The molecule has 0 saturated carbocycles. The van der Waals surface area contributed by atoms with Gasteiger partial charge in [0.15, 0.2) is 0 Å². The third kappa shape index (κ3) is 6.23. The Balaban J connectivity index is 1.56. The first kappa shape index (κ1) is 19.7. The molecule has 0 bridgehead atoms. The Morgan fingerprint density at radius 3 is 2.11 bits per heavy atom. The Morgan fingerprint density at radius 2 is 1.52 bits per heavy atom. The molecule has 146 valence electrons. The number of hydrogen-bond donors (Lipinski definition) is 1. The SMILES string of the molecule is NS(=O)(=O)CC1(COc2ccc(OCc3ccccc3)cc2)CCOCC1. The molecule has 0 amide bonds. The van der Waals surface area contributed by atoms with Gasteiger partial charge in [0.05, 0.1) is 12.4 Å². The van der Waals surface area contributed by atoms with Gasteiger partial charge in [0.25, 0.3) is 0 Å². The van der Waals surface area contributed by atoms with Crippen LogP contribution >= 0.6 is 0 Å². The largest absolute Gasteiger partial charge is 0.493 e. The molecule has 0 aromatic heterocycles. The van der Waals surface area contributed by atoms with Crippen LogP contribution in [0.1, 0.15) is 18.4 Å². The predicted octanol–water partition coefficient (Wildman–Crippen LogP) is 2.73. The summed E-state index contributed by atoms with van der Waals surface area (Å²) in [6.07, 6.45) is 1.23. The Bertz CT molecular complexity index is 815. The summed E-state index contributed by atoms with van der Waals surface area (Å²) in [5, 5.41) is 5.28. The molecule has 2 aromatic rings. The molecular weight excluding hydrogens is 366 g/mol. The molecule has 3 rings (SSSR count). The fourth-order valence-electron chi connectivity index (χ4n) is 3.17. The highest BCUT2D eigenvalue weighted by atomic mass is 32.2. The second-order valence-corrected chi connectivity index (χ2v) is 8.57. The first-order valence-electron chi connectivity index (χ1n) is 8.92. The molecule has 0 spiro atoms. The minimum atomic E-state index is -3.58. The molecular formula is C20H25NO5S. The summed E-state index contributed by atoms with van der Waals surface area (Å²) in [4.78, 5) is 0. The zero-order chi connectivity index (χ0) is 19.2. The third-order valence-electron chi connectivity index (χ3n) is 4.68. The summed E-state index contributed by atoms with van der Waals surface area (Å²) in [6, 6.07) is 17.3. The Kier molecular flexibility index (Phi) is 6.36.